The molecular formula is C25H28BO3. The average Bonchev–Trinajstić information content (AvgIpc) is 2.95. The molecule has 1 fully saturated rings. The predicted octanol–water partition coefficient (Wildman–Crippen LogP) is 5.77. The summed E-state index contributed by atoms with van der Waals surface area (Å²) in [4.78, 5) is 0. The summed E-state index contributed by atoms with van der Waals surface area (Å²) in [6, 6.07) is 18.6. The summed E-state index contributed by atoms with van der Waals surface area (Å²) in [6.07, 6.45) is 5.31. The molecule has 0 unspecified atom stereocenters. The van der Waals surface area contributed by atoms with E-state index >= 15 is 0 Å². The normalized spacial score (nSPS) is 20.6. The topological polar surface area (TPSA) is 27.7 Å². The fourth-order valence-electron chi connectivity index (χ4n) is 3.89. The Bertz CT molecular complexity index is 941. The van der Waals surface area contributed by atoms with Crippen molar-refractivity contribution in [2.24, 2.45) is 0 Å². The highest BCUT2D eigenvalue weighted by Gasteiger charge is 2.53. The zero-order valence-corrected chi connectivity index (χ0v) is 17.9. The summed E-state index contributed by atoms with van der Waals surface area (Å²) < 4.78 is 18.5. The van der Waals surface area contributed by atoms with Crippen molar-refractivity contribution in [3.05, 3.63) is 83.7 Å². The molecule has 2 aromatic rings. The molecule has 149 valence electrons. The Morgan fingerprint density at radius 1 is 0.862 bits per heavy atom. The van der Waals surface area contributed by atoms with Crippen molar-refractivity contribution in [2.75, 3.05) is 7.11 Å². The van der Waals surface area contributed by atoms with Crippen LogP contribution in [0.3, 0.4) is 0 Å². The second-order valence-electron chi connectivity index (χ2n) is 8.54. The van der Waals surface area contributed by atoms with Crippen molar-refractivity contribution in [1.29, 1.82) is 0 Å². The molecule has 0 saturated carbocycles. The number of para-hydroxylation sites is 1. The molecule has 1 radical (unpaired) electrons. The van der Waals surface area contributed by atoms with E-state index in [1.807, 2.05) is 24.3 Å². The van der Waals surface area contributed by atoms with Gasteiger partial charge in [-0.2, -0.15) is 0 Å². The van der Waals surface area contributed by atoms with E-state index in [0.29, 0.717) is 0 Å². The zero-order chi connectivity index (χ0) is 20.6. The second kappa shape index (κ2) is 7.51. The largest absolute Gasteiger partial charge is 0.496 e. The minimum Gasteiger partial charge on any atom is -0.496 e. The van der Waals surface area contributed by atoms with Crippen LogP contribution in [0, 0.1) is 6.42 Å². The minimum atomic E-state index is -0.409. The van der Waals surface area contributed by atoms with E-state index in [9.17, 15) is 0 Å². The highest BCUT2D eigenvalue weighted by atomic mass is 16.7. The van der Waals surface area contributed by atoms with Gasteiger partial charge in [0.1, 0.15) is 5.75 Å². The quantitative estimate of drug-likeness (QED) is 0.623. The number of hydrogen-bond acceptors (Lipinski definition) is 3. The van der Waals surface area contributed by atoms with Crippen molar-refractivity contribution >= 4 is 18.3 Å². The van der Waals surface area contributed by atoms with Gasteiger partial charge in [0.2, 0.25) is 0 Å². The fourth-order valence-corrected chi connectivity index (χ4v) is 3.89. The Kier molecular flexibility index (Phi) is 5.18. The predicted molar refractivity (Wildman–Crippen MR) is 119 cm³/mol. The van der Waals surface area contributed by atoms with Gasteiger partial charge in [-0.25, -0.2) is 0 Å². The van der Waals surface area contributed by atoms with Crippen LogP contribution in [0.2, 0.25) is 0 Å². The molecule has 0 aromatic heterocycles. The maximum absolute atomic E-state index is 6.43. The van der Waals surface area contributed by atoms with Crippen LogP contribution in [0.25, 0.3) is 11.1 Å². The molecule has 1 aliphatic carbocycles. The molecule has 29 heavy (non-hydrogen) atoms. The van der Waals surface area contributed by atoms with Gasteiger partial charge in [0.25, 0.3) is 0 Å². The SMILES string of the molecule is COc1ccccc1C1=CC[CH]C(B2OC(C)(C)C(C)(C)O2)=C1c1ccccc1. The van der Waals surface area contributed by atoms with Crippen LogP contribution < -0.4 is 4.74 Å². The molecule has 0 atom stereocenters. The summed E-state index contributed by atoms with van der Waals surface area (Å²) in [5.41, 5.74) is 4.83. The van der Waals surface area contributed by atoms with Gasteiger partial charge in [-0.05, 0) is 68.8 Å². The Balaban J connectivity index is 1.88. The molecular weight excluding hydrogens is 359 g/mol. The second-order valence-corrected chi connectivity index (χ2v) is 8.54. The summed E-state index contributed by atoms with van der Waals surface area (Å²) in [5.74, 6) is 0.863. The molecule has 4 rings (SSSR count). The van der Waals surface area contributed by atoms with Gasteiger partial charge in [-0.1, -0.05) is 54.6 Å². The standard InChI is InChI=1S/C25H28BO3/c1-24(2)25(3,4)29-26(28-24)21-16-11-15-20(19-14-9-10-17-22(19)27-5)23(21)18-12-7-6-8-13-18/h6-10,12-17H,11H2,1-5H3. The van der Waals surface area contributed by atoms with Crippen LogP contribution in [-0.4, -0.2) is 25.4 Å². The molecule has 1 saturated heterocycles. The van der Waals surface area contributed by atoms with Crippen LogP contribution in [0.15, 0.2) is 66.1 Å². The first-order chi connectivity index (χ1) is 13.8. The van der Waals surface area contributed by atoms with E-state index < -0.39 is 7.12 Å². The van der Waals surface area contributed by atoms with Gasteiger partial charge in [0.15, 0.2) is 0 Å². The maximum atomic E-state index is 6.43. The summed E-state index contributed by atoms with van der Waals surface area (Å²) in [6.45, 7) is 8.37. The van der Waals surface area contributed by atoms with Crippen LogP contribution in [0.5, 0.6) is 5.75 Å². The molecule has 3 nitrogen and oxygen atoms in total. The van der Waals surface area contributed by atoms with Crippen molar-refractivity contribution < 1.29 is 14.0 Å². The van der Waals surface area contributed by atoms with Crippen LogP contribution in [-0.2, 0) is 9.31 Å². The van der Waals surface area contributed by atoms with E-state index in [2.05, 4.69) is 70.5 Å². The summed E-state index contributed by atoms with van der Waals surface area (Å²) >= 11 is 0. The lowest BCUT2D eigenvalue weighted by Gasteiger charge is -2.32. The Hall–Kier alpha value is -2.30. The monoisotopic (exact) mass is 387 g/mol. The smallest absolute Gasteiger partial charge is 0.491 e. The molecule has 4 heteroatoms. The highest BCUT2D eigenvalue weighted by Crippen LogP contribution is 2.46. The Labute approximate surface area is 174 Å². The first kappa shape index (κ1) is 20.0. The van der Waals surface area contributed by atoms with Crippen molar-refractivity contribution in [1.82, 2.24) is 0 Å². The van der Waals surface area contributed by atoms with Crippen molar-refractivity contribution in [2.45, 2.75) is 45.3 Å². The number of methoxy groups -OCH3 is 1. The Morgan fingerprint density at radius 3 is 2.14 bits per heavy atom. The summed E-state index contributed by atoms with van der Waals surface area (Å²) in [7, 11) is 1.31. The molecule has 0 bridgehead atoms. The first-order valence-electron chi connectivity index (χ1n) is 10.2. The van der Waals surface area contributed by atoms with Gasteiger partial charge in [-0.15, -0.1) is 0 Å². The number of hydrogen-bond donors (Lipinski definition) is 0. The van der Waals surface area contributed by atoms with Crippen LogP contribution in [0.1, 0.15) is 45.2 Å². The first-order valence-corrected chi connectivity index (χ1v) is 10.2. The lowest BCUT2D eigenvalue weighted by molar-refractivity contribution is 0.00578. The molecule has 2 aromatic carbocycles. The van der Waals surface area contributed by atoms with E-state index in [4.69, 9.17) is 14.0 Å². The van der Waals surface area contributed by atoms with E-state index in [1.165, 1.54) is 0 Å². The van der Waals surface area contributed by atoms with E-state index in [-0.39, 0.29) is 11.2 Å². The average molecular weight is 387 g/mol. The zero-order valence-electron chi connectivity index (χ0n) is 17.9. The molecule has 2 aliphatic rings. The Morgan fingerprint density at radius 2 is 1.48 bits per heavy atom. The maximum Gasteiger partial charge on any atom is 0.491 e. The third-order valence-corrected chi connectivity index (χ3v) is 6.18. The molecule has 0 N–H and O–H groups in total. The van der Waals surface area contributed by atoms with Gasteiger partial charge in [0, 0.05) is 5.56 Å². The molecule has 1 aliphatic heterocycles. The lowest BCUT2D eigenvalue weighted by Crippen LogP contribution is -2.41. The van der Waals surface area contributed by atoms with Crippen molar-refractivity contribution in [3.63, 3.8) is 0 Å². The number of ether oxygens (including phenoxy) is 1. The molecule has 0 amide bonds. The highest BCUT2D eigenvalue weighted by molar-refractivity contribution is 6.58. The van der Waals surface area contributed by atoms with Gasteiger partial charge in [-0.3, -0.25) is 0 Å². The van der Waals surface area contributed by atoms with E-state index in [1.54, 1.807) is 7.11 Å². The third-order valence-electron chi connectivity index (χ3n) is 6.18. The van der Waals surface area contributed by atoms with Gasteiger partial charge >= 0.3 is 7.12 Å². The number of benzene rings is 2. The summed E-state index contributed by atoms with van der Waals surface area (Å²) in [5, 5.41) is 0. The number of rotatable bonds is 4. The van der Waals surface area contributed by atoms with Crippen LogP contribution in [0.4, 0.5) is 0 Å². The van der Waals surface area contributed by atoms with Gasteiger partial charge < -0.3 is 14.0 Å². The molecule has 1 heterocycles. The fraction of sp³-hybridized carbons (Fsp3) is 0.320. The van der Waals surface area contributed by atoms with E-state index in [0.717, 1.165) is 39.9 Å². The van der Waals surface area contributed by atoms with Gasteiger partial charge in [0.05, 0.1) is 18.3 Å². The minimum absolute atomic E-state index is 0.383. The van der Waals surface area contributed by atoms with Crippen LogP contribution >= 0.6 is 0 Å². The molecule has 0 spiro atoms. The number of allylic oxidation sites excluding steroid dienone is 4. The van der Waals surface area contributed by atoms with Crippen molar-refractivity contribution in [3.8, 4) is 5.75 Å². The third kappa shape index (κ3) is 3.56. The lowest BCUT2D eigenvalue weighted by atomic mass is 9.67.